The predicted molar refractivity (Wildman–Crippen MR) is 214 cm³/mol. The van der Waals surface area contributed by atoms with Gasteiger partial charge in [0.1, 0.15) is 11.2 Å². The molecule has 0 amide bonds. The molecule has 0 saturated heterocycles. The minimum atomic E-state index is -1.04. The van der Waals surface area contributed by atoms with E-state index in [0.29, 0.717) is 11.4 Å². The van der Waals surface area contributed by atoms with Crippen LogP contribution in [0.3, 0.4) is 0 Å². The second kappa shape index (κ2) is 10.1. The topological polar surface area (TPSA) is 52.1 Å². The fraction of sp³-hybridized carbons (Fsp3) is 0. The summed E-state index contributed by atoms with van der Waals surface area (Å²) in [6.45, 7) is 0. The quantitative estimate of drug-likeness (QED) is 0.139. The molecule has 5 heteroatoms. The van der Waals surface area contributed by atoms with Crippen molar-refractivity contribution in [1.29, 1.82) is 0 Å². The van der Waals surface area contributed by atoms with E-state index in [2.05, 4.69) is 127 Å². The summed E-state index contributed by atoms with van der Waals surface area (Å²) in [7, 11) is -1.04. The molecule has 0 aliphatic rings. The van der Waals surface area contributed by atoms with Gasteiger partial charge in [-0.3, -0.25) is 0 Å². The van der Waals surface area contributed by atoms with Crippen LogP contribution < -0.4 is 15.9 Å². The van der Waals surface area contributed by atoms with Gasteiger partial charge in [0.15, 0.2) is 0 Å². The third-order valence-corrected chi connectivity index (χ3v) is 13.0. The molecule has 0 bridgehead atoms. The van der Waals surface area contributed by atoms with Crippen LogP contribution in [0.2, 0.25) is 0 Å². The summed E-state index contributed by atoms with van der Waals surface area (Å²) in [6, 6.07) is 54.7. The van der Waals surface area contributed by atoms with E-state index in [4.69, 9.17) is 18.8 Å². The van der Waals surface area contributed by atoms with E-state index < -0.39 is 7.92 Å². The van der Waals surface area contributed by atoms with E-state index in [9.17, 15) is 0 Å². The lowest BCUT2D eigenvalue weighted by atomic mass is 9.94. The van der Waals surface area contributed by atoms with Gasteiger partial charge in [0, 0.05) is 32.3 Å². The van der Waals surface area contributed by atoms with E-state index >= 15 is 0 Å². The van der Waals surface area contributed by atoms with E-state index in [1.807, 2.05) is 24.3 Å². The second-order valence-corrected chi connectivity index (χ2v) is 15.6. The predicted octanol–water partition coefficient (Wildman–Crippen LogP) is 11.2. The molecular formula is C46H25N2O2P. The Labute approximate surface area is 291 Å². The van der Waals surface area contributed by atoms with E-state index in [1.54, 1.807) is 0 Å². The first kappa shape index (κ1) is 27.5. The Bertz CT molecular complexity index is 3230. The van der Waals surface area contributed by atoms with Gasteiger partial charge in [-0.15, -0.1) is 0 Å². The van der Waals surface area contributed by atoms with Crippen LogP contribution in [0.25, 0.3) is 98.3 Å². The van der Waals surface area contributed by atoms with Crippen molar-refractivity contribution in [1.82, 2.24) is 9.97 Å². The van der Waals surface area contributed by atoms with Crippen molar-refractivity contribution in [2.45, 2.75) is 0 Å². The van der Waals surface area contributed by atoms with Crippen molar-refractivity contribution >= 4 is 122 Å². The van der Waals surface area contributed by atoms with Gasteiger partial charge in [-0.25, -0.2) is 9.97 Å². The number of pyridine rings is 2. The number of benzene rings is 8. The molecule has 0 aliphatic heterocycles. The summed E-state index contributed by atoms with van der Waals surface area (Å²) >= 11 is 0. The molecule has 12 rings (SSSR count). The molecule has 4 nitrogen and oxygen atoms in total. The Kier molecular flexibility index (Phi) is 5.44. The zero-order valence-corrected chi connectivity index (χ0v) is 28.0. The number of rotatable bonds is 3. The third kappa shape index (κ3) is 3.94. The van der Waals surface area contributed by atoms with Crippen molar-refractivity contribution in [2.24, 2.45) is 0 Å². The number of nitrogens with zero attached hydrogens (tertiary/aromatic N) is 2. The summed E-state index contributed by atoms with van der Waals surface area (Å²) in [6.07, 6.45) is 0. The Hall–Kier alpha value is -6.35. The SMILES string of the molecule is c1ccc2nc3oc4ccc(P(c5ccc6oc7nc8ccccc8cc7c6c5)c5ccc6ccc7cccc8ccc5c6c78)cc4c3cc2c1. The van der Waals surface area contributed by atoms with Crippen molar-refractivity contribution in [3.63, 3.8) is 0 Å². The molecule has 12 aromatic rings. The number of aromatic nitrogens is 2. The molecule has 0 unspecified atom stereocenters. The van der Waals surface area contributed by atoms with Gasteiger partial charge in [-0.1, -0.05) is 103 Å². The van der Waals surface area contributed by atoms with Crippen LogP contribution in [-0.4, -0.2) is 9.97 Å². The van der Waals surface area contributed by atoms with Crippen molar-refractivity contribution in [3.8, 4) is 0 Å². The maximum atomic E-state index is 6.36. The number of fused-ring (bicyclic) bond motifs is 8. The molecule has 0 radical (unpaired) electrons. The summed E-state index contributed by atoms with van der Waals surface area (Å²) < 4.78 is 12.7. The van der Waals surface area contributed by atoms with Gasteiger partial charge in [0.25, 0.3) is 0 Å². The first-order valence-electron chi connectivity index (χ1n) is 17.1. The van der Waals surface area contributed by atoms with Gasteiger partial charge < -0.3 is 8.83 Å². The van der Waals surface area contributed by atoms with Gasteiger partial charge >= 0.3 is 0 Å². The highest BCUT2D eigenvalue weighted by molar-refractivity contribution is 7.80. The Morgan fingerprint density at radius 1 is 0.373 bits per heavy atom. The lowest BCUT2D eigenvalue weighted by molar-refractivity contribution is 0.655. The van der Waals surface area contributed by atoms with Crippen LogP contribution in [-0.2, 0) is 0 Å². The molecule has 0 fully saturated rings. The highest BCUT2D eigenvalue weighted by atomic mass is 31.1. The molecule has 8 aromatic carbocycles. The molecule has 236 valence electrons. The van der Waals surface area contributed by atoms with Crippen LogP contribution in [0.1, 0.15) is 0 Å². The van der Waals surface area contributed by atoms with Gasteiger partial charge in [-0.05, 0) is 105 Å². The average Bonchev–Trinajstić information content (AvgIpc) is 3.72. The first-order valence-corrected chi connectivity index (χ1v) is 18.5. The molecule has 0 spiro atoms. The zero-order valence-electron chi connectivity index (χ0n) is 27.1. The lowest BCUT2D eigenvalue weighted by Gasteiger charge is -2.23. The Morgan fingerprint density at radius 2 is 0.882 bits per heavy atom. The largest absolute Gasteiger partial charge is 0.438 e. The molecule has 0 N–H and O–H groups in total. The van der Waals surface area contributed by atoms with E-state index in [1.165, 1.54) is 48.2 Å². The number of hydrogen-bond donors (Lipinski definition) is 0. The Balaban J connectivity index is 1.16. The van der Waals surface area contributed by atoms with Crippen LogP contribution in [0.4, 0.5) is 0 Å². The van der Waals surface area contributed by atoms with Gasteiger partial charge in [0.05, 0.1) is 11.0 Å². The minimum Gasteiger partial charge on any atom is -0.438 e. The van der Waals surface area contributed by atoms with Gasteiger partial charge in [0.2, 0.25) is 11.4 Å². The van der Waals surface area contributed by atoms with Crippen LogP contribution in [0, 0.1) is 0 Å². The van der Waals surface area contributed by atoms with Gasteiger partial charge in [-0.2, -0.15) is 0 Å². The van der Waals surface area contributed by atoms with E-state index in [0.717, 1.165) is 54.5 Å². The number of para-hydroxylation sites is 2. The molecule has 0 atom stereocenters. The lowest BCUT2D eigenvalue weighted by Crippen LogP contribution is -2.21. The molecule has 51 heavy (non-hydrogen) atoms. The first-order chi connectivity index (χ1) is 25.2. The standard InChI is InChI=1S/C46H25N2O2P/c1-3-10-38-29(6-1)22-36-34-24-31(16-19-40(34)49-45(36)47-38)51(42-21-15-28-13-12-26-8-5-9-27-14-18-33(42)44(28)43(26)27)32-17-20-41-35(25-32)37-23-30-7-2-4-11-39(30)48-46(37)50-41/h1-25H. The van der Waals surface area contributed by atoms with Crippen LogP contribution in [0.15, 0.2) is 160 Å². The fourth-order valence-corrected chi connectivity index (χ4v) is 10.7. The molecule has 4 heterocycles. The maximum Gasteiger partial charge on any atom is 0.227 e. The summed E-state index contributed by atoms with van der Waals surface area (Å²) in [5.74, 6) is 0. The molecule has 0 saturated carbocycles. The summed E-state index contributed by atoms with van der Waals surface area (Å²) in [5, 5.41) is 18.0. The fourth-order valence-electron chi connectivity index (χ4n) is 8.20. The summed E-state index contributed by atoms with van der Waals surface area (Å²) in [4.78, 5) is 9.79. The highest BCUT2D eigenvalue weighted by Crippen LogP contribution is 2.43. The van der Waals surface area contributed by atoms with Crippen molar-refractivity contribution < 1.29 is 8.83 Å². The van der Waals surface area contributed by atoms with Crippen LogP contribution >= 0.6 is 7.92 Å². The highest BCUT2D eigenvalue weighted by Gasteiger charge is 2.24. The molecule has 0 aliphatic carbocycles. The van der Waals surface area contributed by atoms with E-state index in [-0.39, 0.29) is 0 Å². The minimum absolute atomic E-state index is 0.666. The average molecular weight is 669 g/mol. The second-order valence-electron chi connectivity index (χ2n) is 13.4. The smallest absolute Gasteiger partial charge is 0.227 e. The molecular weight excluding hydrogens is 643 g/mol. The summed E-state index contributed by atoms with van der Waals surface area (Å²) in [5.41, 5.74) is 4.89. The van der Waals surface area contributed by atoms with Crippen LogP contribution in [0.5, 0.6) is 0 Å². The molecule has 4 aromatic heterocycles. The van der Waals surface area contributed by atoms with Crippen molar-refractivity contribution in [3.05, 3.63) is 152 Å². The zero-order chi connectivity index (χ0) is 33.2. The third-order valence-electron chi connectivity index (χ3n) is 10.6. The Morgan fingerprint density at radius 3 is 1.49 bits per heavy atom. The monoisotopic (exact) mass is 668 g/mol. The van der Waals surface area contributed by atoms with Crippen molar-refractivity contribution in [2.75, 3.05) is 0 Å². The normalized spacial score (nSPS) is 12.5. The maximum absolute atomic E-state index is 6.36. The number of hydrogen-bond acceptors (Lipinski definition) is 4. The number of furan rings is 2.